The predicted molar refractivity (Wildman–Crippen MR) is 115 cm³/mol. The van der Waals surface area contributed by atoms with Gasteiger partial charge < -0.3 is 20.7 Å². The molecule has 30 heavy (non-hydrogen) atoms. The normalized spacial score (nSPS) is 10.1. The maximum absolute atomic E-state index is 12.1. The van der Waals surface area contributed by atoms with E-state index >= 15 is 0 Å². The van der Waals surface area contributed by atoms with Crippen molar-refractivity contribution in [3.63, 3.8) is 0 Å². The largest absolute Gasteiger partial charge is 0.454 e. The third-order valence-electron chi connectivity index (χ3n) is 4.12. The van der Waals surface area contributed by atoms with Crippen molar-refractivity contribution in [3.05, 3.63) is 63.6 Å². The fourth-order valence-corrected chi connectivity index (χ4v) is 2.71. The van der Waals surface area contributed by atoms with E-state index in [9.17, 15) is 19.2 Å². The summed E-state index contributed by atoms with van der Waals surface area (Å²) in [4.78, 5) is 47.4. The van der Waals surface area contributed by atoms with Gasteiger partial charge >= 0.3 is 5.97 Å². The summed E-state index contributed by atoms with van der Waals surface area (Å²) in [6.45, 7) is 2.62. The van der Waals surface area contributed by atoms with Gasteiger partial charge in [0.05, 0.1) is 12.2 Å². The first-order valence-corrected chi connectivity index (χ1v) is 9.87. The smallest absolute Gasteiger partial charge is 0.325 e. The van der Waals surface area contributed by atoms with E-state index < -0.39 is 30.3 Å². The minimum Gasteiger partial charge on any atom is -0.454 e. The average molecular weight is 476 g/mol. The number of hydrogen-bond acceptors (Lipinski definition) is 5. The summed E-state index contributed by atoms with van der Waals surface area (Å²) in [5.74, 6) is -2.24. The van der Waals surface area contributed by atoms with E-state index in [1.54, 1.807) is 36.4 Å². The fourth-order valence-electron chi connectivity index (χ4n) is 2.32. The lowest BCUT2D eigenvalue weighted by Crippen LogP contribution is -2.37. The van der Waals surface area contributed by atoms with Gasteiger partial charge in [0.25, 0.3) is 11.8 Å². The van der Waals surface area contributed by atoms with Gasteiger partial charge in [-0.3, -0.25) is 19.2 Å². The van der Waals surface area contributed by atoms with Gasteiger partial charge in [0.2, 0.25) is 5.91 Å². The Morgan fingerprint density at radius 1 is 0.900 bits per heavy atom. The number of para-hydroxylation sites is 1. The van der Waals surface area contributed by atoms with Crippen LogP contribution in [0.3, 0.4) is 0 Å². The summed E-state index contributed by atoms with van der Waals surface area (Å²) in [6, 6.07) is 12.2. The Kier molecular flexibility index (Phi) is 8.54. The van der Waals surface area contributed by atoms with Crippen LogP contribution < -0.4 is 16.0 Å². The van der Waals surface area contributed by atoms with E-state index in [1.165, 1.54) is 0 Å². The third-order valence-corrected chi connectivity index (χ3v) is 4.81. The lowest BCUT2D eigenvalue weighted by atomic mass is 10.1. The van der Waals surface area contributed by atoms with E-state index in [-0.39, 0.29) is 13.1 Å². The minimum atomic E-state index is -0.764. The van der Waals surface area contributed by atoms with Crippen LogP contribution in [-0.4, -0.2) is 43.4 Å². The number of rotatable bonds is 8. The van der Waals surface area contributed by atoms with Crippen molar-refractivity contribution in [3.8, 4) is 0 Å². The molecule has 0 aromatic heterocycles. The van der Waals surface area contributed by atoms with Crippen LogP contribution in [0.25, 0.3) is 0 Å². The van der Waals surface area contributed by atoms with Gasteiger partial charge in [-0.1, -0.05) is 18.2 Å². The second kappa shape index (κ2) is 11.1. The van der Waals surface area contributed by atoms with Crippen LogP contribution in [0.1, 0.15) is 21.5 Å². The number of nitrogens with one attached hydrogen (secondary N) is 3. The molecule has 0 heterocycles. The van der Waals surface area contributed by atoms with E-state index in [0.717, 1.165) is 11.1 Å². The molecular weight excluding hydrogens is 454 g/mol. The highest BCUT2D eigenvalue weighted by Gasteiger charge is 2.12. The number of anilines is 1. The topological polar surface area (TPSA) is 114 Å². The molecule has 0 unspecified atom stereocenters. The quantitative estimate of drug-likeness (QED) is 0.505. The Labute approximate surface area is 182 Å². The second-order valence-corrected chi connectivity index (χ2v) is 7.30. The Hall–Kier alpha value is -3.20. The molecule has 2 rings (SSSR count). The van der Waals surface area contributed by atoms with Crippen molar-refractivity contribution < 1.29 is 23.9 Å². The molecule has 0 radical (unpaired) electrons. The van der Waals surface area contributed by atoms with Gasteiger partial charge in [0.1, 0.15) is 6.54 Å². The summed E-state index contributed by atoms with van der Waals surface area (Å²) < 4.78 is 5.51. The molecule has 3 N–H and O–H groups in total. The summed E-state index contributed by atoms with van der Waals surface area (Å²) in [7, 11) is 0. The van der Waals surface area contributed by atoms with Crippen LogP contribution in [0.15, 0.2) is 46.9 Å². The molecule has 0 aliphatic rings. The monoisotopic (exact) mass is 475 g/mol. The van der Waals surface area contributed by atoms with Gasteiger partial charge in [0, 0.05) is 10.0 Å². The van der Waals surface area contributed by atoms with E-state index in [1.807, 2.05) is 19.9 Å². The standard InChI is InChI=1S/C21H22BrN3O5/c1-13-7-8-15(9-14(13)2)21(29)24-11-20(28)30-12-19(27)23-10-18(26)25-17-6-4-3-5-16(17)22/h3-9H,10-12H2,1-2H3,(H,23,27)(H,24,29)(H,25,26). The molecule has 0 atom stereocenters. The Morgan fingerprint density at radius 2 is 1.63 bits per heavy atom. The van der Waals surface area contributed by atoms with Gasteiger partial charge in [0.15, 0.2) is 6.61 Å². The van der Waals surface area contributed by atoms with Crippen molar-refractivity contribution in [1.82, 2.24) is 10.6 Å². The molecular formula is C21H22BrN3O5. The van der Waals surface area contributed by atoms with Crippen LogP contribution in [0, 0.1) is 13.8 Å². The zero-order valence-electron chi connectivity index (χ0n) is 16.6. The van der Waals surface area contributed by atoms with Gasteiger partial charge in [-0.15, -0.1) is 0 Å². The molecule has 2 aromatic carbocycles. The van der Waals surface area contributed by atoms with Gasteiger partial charge in [-0.05, 0) is 65.2 Å². The first-order chi connectivity index (χ1) is 14.3. The van der Waals surface area contributed by atoms with E-state index in [2.05, 4.69) is 31.9 Å². The third kappa shape index (κ3) is 7.32. The number of carbonyl (C=O) groups excluding carboxylic acids is 4. The Bertz CT molecular complexity index is 961. The van der Waals surface area contributed by atoms with Crippen molar-refractivity contribution in [2.24, 2.45) is 0 Å². The molecule has 0 saturated carbocycles. The maximum Gasteiger partial charge on any atom is 0.325 e. The number of amides is 3. The Morgan fingerprint density at radius 3 is 2.33 bits per heavy atom. The maximum atomic E-state index is 12.1. The second-order valence-electron chi connectivity index (χ2n) is 6.45. The number of benzene rings is 2. The average Bonchev–Trinajstić information content (AvgIpc) is 2.72. The summed E-state index contributed by atoms with van der Waals surface area (Å²) >= 11 is 3.30. The highest BCUT2D eigenvalue weighted by molar-refractivity contribution is 9.10. The number of halogens is 1. The molecule has 3 amide bonds. The van der Waals surface area contributed by atoms with Crippen molar-refractivity contribution >= 4 is 45.3 Å². The molecule has 0 bridgehead atoms. The zero-order valence-corrected chi connectivity index (χ0v) is 18.2. The van der Waals surface area contributed by atoms with Crippen LogP contribution in [-0.2, 0) is 19.1 Å². The minimum absolute atomic E-state index is 0.277. The van der Waals surface area contributed by atoms with Crippen LogP contribution >= 0.6 is 15.9 Å². The number of hydrogen-bond donors (Lipinski definition) is 3. The highest BCUT2D eigenvalue weighted by Crippen LogP contribution is 2.20. The van der Waals surface area contributed by atoms with Crippen LogP contribution in [0.5, 0.6) is 0 Å². The van der Waals surface area contributed by atoms with Crippen LogP contribution in [0.2, 0.25) is 0 Å². The number of esters is 1. The van der Waals surface area contributed by atoms with E-state index in [4.69, 9.17) is 4.74 Å². The van der Waals surface area contributed by atoms with Crippen molar-refractivity contribution in [2.75, 3.05) is 25.0 Å². The van der Waals surface area contributed by atoms with Crippen molar-refractivity contribution in [1.29, 1.82) is 0 Å². The predicted octanol–water partition coefficient (Wildman–Crippen LogP) is 2.09. The van der Waals surface area contributed by atoms with E-state index in [0.29, 0.717) is 15.7 Å². The summed E-state index contributed by atoms with van der Waals surface area (Å²) in [5, 5.41) is 7.42. The first-order valence-electron chi connectivity index (χ1n) is 9.08. The molecule has 0 fully saturated rings. The molecule has 0 spiro atoms. The Balaban J connectivity index is 1.67. The highest BCUT2D eigenvalue weighted by atomic mass is 79.9. The molecule has 2 aromatic rings. The molecule has 9 heteroatoms. The van der Waals surface area contributed by atoms with Crippen molar-refractivity contribution in [2.45, 2.75) is 13.8 Å². The lowest BCUT2D eigenvalue weighted by molar-refractivity contribution is -0.147. The summed E-state index contributed by atoms with van der Waals surface area (Å²) in [5.41, 5.74) is 3.02. The molecule has 0 aliphatic heterocycles. The molecule has 0 saturated heterocycles. The number of ether oxygens (including phenoxy) is 1. The number of carbonyl (C=O) groups is 4. The lowest BCUT2D eigenvalue weighted by Gasteiger charge is -2.09. The molecule has 0 aliphatic carbocycles. The van der Waals surface area contributed by atoms with Gasteiger partial charge in [-0.25, -0.2) is 0 Å². The SMILES string of the molecule is Cc1ccc(C(=O)NCC(=O)OCC(=O)NCC(=O)Nc2ccccc2Br)cc1C. The number of aryl methyl sites for hydroxylation is 2. The van der Waals surface area contributed by atoms with Gasteiger partial charge in [-0.2, -0.15) is 0 Å². The van der Waals surface area contributed by atoms with Crippen LogP contribution in [0.4, 0.5) is 5.69 Å². The molecule has 158 valence electrons. The summed E-state index contributed by atoms with van der Waals surface area (Å²) in [6.07, 6.45) is 0. The fraction of sp³-hybridized carbons (Fsp3) is 0.238. The first kappa shape index (κ1) is 23.1. The molecule has 8 nitrogen and oxygen atoms in total. The zero-order chi connectivity index (χ0) is 22.1.